The first-order valence-electron chi connectivity index (χ1n) is 12.5. The van der Waals surface area contributed by atoms with Crippen LogP contribution in [0.3, 0.4) is 0 Å². The van der Waals surface area contributed by atoms with E-state index < -0.39 is 4.92 Å². The van der Waals surface area contributed by atoms with Crippen LogP contribution in [0.25, 0.3) is 10.2 Å². The number of anilines is 2. The molecule has 1 aromatic heterocycles. The summed E-state index contributed by atoms with van der Waals surface area (Å²) < 4.78 is 11.9. The normalized spacial score (nSPS) is 16.8. The predicted octanol–water partition coefficient (Wildman–Crippen LogP) is 3.64. The van der Waals surface area contributed by atoms with Crippen LogP contribution in [-0.2, 0) is 9.47 Å². The highest BCUT2D eigenvalue weighted by atomic mass is 32.1. The number of aromatic nitrogens is 1. The van der Waals surface area contributed by atoms with Gasteiger partial charge in [0, 0.05) is 50.9 Å². The Morgan fingerprint density at radius 1 is 1.08 bits per heavy atom. The highest BCUT2D eigenvalue weighted by molar-refractivity contribution is 7.22. The van der Waals surface area contributed by atoms with E-state index in [9.17, 15) is 14.9 Å². The fourth-order valence-corrected chi connectivity index (χ4v) is 5.76. The van der Waals surface area contributed by atoms with Gasteiger partial charge in [0.2, 0.25) is 0 Å². The lowest BCUT2D eigenvalue weighted by atomic mass is 10.1. The molecule has 2 saturated heterocycles. The monoisotopic (exact) mass is 525 g/mol. The van der Waals surface area contributed by atoms with Crippen molar-refractivity contribution in [1.82, 2.24) is 9.88 Å². The molecule has 10 nitrogen and oxygen atoms in total. The van der Waals surface area contributed by atoms with Crippen LogP contribution < -0.4 is 9.80 Å². The van der Waals surface area contributed by atoms with Crippen molar-refractivity contribution < 1.29 is 19.2 Å². The van der Waals surface area contributed by atoms with E-state index in [2.05, 4.69) is 11.0 Å². The Labute approximate surface area is 219 Å². The summed E-state index contributed by atoms with van der Waals surface area (Å²) in [6.07, 6.45) is 0. The molecule has 0 bridgehead atoms. The zero-order valence-corrected chi connectivity index (χ0v) is 22.0. The van der Waals surface area contributed by atoms with Gasteiger partial charge >= 0.3 is 0 Å². The lowest BCUT2D eigenvalue weighted by Gasteiger charge is -2.30. The minimum atomic E-state index is -0.413. The number of morpholine rings is 2. The van der Waals surface area contributed by atoms with Crippen LogP contribution in [0.2, 0.25) is 0 Å². The van der Waals surface area contributed by atoms with Gasteiger partial charge in [0.05, 0.1) is 41.6 Å². The third kappa shape index (κ3) is 5.45. The molecule has 1 amide bonds. The van der Waals surface area contributed by atoms with Crippen LogP contribution in [0, 0.1) is 24.0 Å². The molecular formula is C26H31N5O5S. The number of nitro benzene ring substituents is 1. The number of thiazole rings is 1. The van der Waals surface area contributed by atoms with Gasteiger partial charge in [-0.2, -0.15) is 0 Å². The average molecular weight is 526 g/mol. The molecule has 0 saturated carbocycles. The van der Waals surface area contributed by atoms with Crippen molar-refractivity contribution in [2.75, 3.05) is 75.5 Å². The van der Waals surface area contributed by atoms with Gasteiger partial charge in [0.1, 0.15) is 5.69 Å². The molecule has 2 aliphatic heterocycles. The van der Waals surface area contributed by atoms with E-state index in [-0.39, 0.29) is 17.2 Å². The fraction of sp³-hybridized carbons (Fsp3) is 0.462. The van der Waals surface area contributed by atoms with Crippen LogP contribution >= 0.6 is 11.3 Å². The van der Waals surface area contributed by atoms with Crippen molar-refractivity contribution >= 4 is 44.0 Å². The van der Waals surface area contributed by atoms with E-state index in [1.165, 1.54) is 17.4 Å². The number of fused-ring (bicyclic) bond motifs is 1. The van der Waals surface area contributed by atoms with Crippen molar-refractivity contribution in [1.29, 1.82) is 0 Å². The molecule has 5 rings (SSSR count). The Morgan fingerprint density at radius 2 is 1.78 bits per heavy atom. The number of ether oxygens (including phenoxy) is 2. The Morgan fingerprint density at radius 3 is 2.49 bits per heavy atom. The molecule has 0 N–H and O–H groups in total. The van der Waals surface area contributed by atoms with E-state index in [4.69, 9.17) is 14.5 Å². The lowest BCUT2D eigenvalue weighted by Crippen LogP contribution is -2.43. The van der Waals surface area contributed by atoms with Gasteiger partial charge in [-0.15, -0.1) is 0 Å². The number of benzene rings is 2. The van der Waals surface area contributed by atoms with Crippen LogP contribution in [0.15, 0.2) is 30.3 Å². The molecule has 0 spiro atoms. The molecule has 3 aromatic rings. The molecular weight excluding hydrogens is 494 g/mol. The highest BCUT2D eigenvalue weighted by Crippen LogP contribution is 2.34. The average Bonchev–Trinajstić information content (AvgIpc) is 3.36. The number of nitrogens with zero attached hydrogens (tertiary/aromatic N) is 5. The predicted molar refractivity (Wildman–Crippen MR) is 144 cm³/mol. The first-order valence-corrected chi connectivity index (χ1v) is 13.3. The van der Waals surface area contributed by atoms with Crippen molar-refractivity contribution in [3.63, 3.8) is 0 Å². The maximum Gasteiger partial charge on any atom is 0.293 e. The minimum absolute atomic E-state index is 0.0725. The van der Waals surface area contributed by atoms with Gasteiger partial charge in [-0.3, -0.25) is 24.7 Å². The Hall–Kier alpha value is -3.12. The molecule has 2 fully saturated rings. The molecule has 0 atom stereocenters. The summed E-state index contributed by atoms with van der Waals surface area (Å²) in [7, 11) is 0. The van der Waals surface area contributed by atoms with Crippen molar-refractivity contribution in [2.24, 2.45) is 0 Å². The highest BCUT2D eigenvalue weighted by Gasteiger charge is 2.28. The second kappa shape index (κ2) is 11.1. The van der Waals surface area contributed by atoms with E-state index in [0.717, 1.165) is 34.4 Å². The second-order valence-corrected chi connectivity index (χ2v) is 10.3. The quantitative estimate of drug-likeness (QED) is 0.340. The summed E-state index contributed by atoms with van der Waals surface area (Å²) in [4.78, 5) is 36.2. The molecule has 11 heteroatoms. The minimum Gasteiger partial charge on any atom is -0.379 e. The summed E-state index contributed by atoms with van der Waals surface area (Å²) >= 11 is 1.47. The third-order valence-electron chi connectivity index (χ3n) is 7.06. The number of aryl methyl sites for hydroxylation is 2. The second-order valence-electron chi connectivity index (χ2n) is 9.32. The van der Waals surface area contributed by atoms with Crippen LogP contribution in [0.5, 0.6) is 0 Å². The molecule has 196 valence electrons. The van der Waals surface area contributed by atoms with Gasteiger partial charge in [-0.1, -0.05) is 17.4 Å². The fourth-order valence-electron chi connectivity index (χ4n) is 4.71. The van der Waals surface area contributed by atoms with E-state index >= 15 is 0 Å². The maximum atomic E-state index is 13.9. The SMILES string of the molecule is Cc1ccc2sc(N(CCN3CCOCC3)C(=O)c3ccc(N4CCOCC4)c([N+](=O)[O-])c3)nc2c1C. The number of carbonyl (C=O) groups is 1. The number of nitro groups is 1. The first-order chi connectivity index (χ1) is 17.9. The van der Waals surface area contributed by atoms with Crippen molar-refractivity contribution in [3.05, 3.63) is 57.1 Å². The van der Waals surface area contributed by atoms with Crippen LogP contribution in [0.1, 0.15) is 21.5 Å². The van der Waals surface area contributed by atoms with Crippen LogP contribution in [0.4, 0.5) is 16.5 Å². The molecule has 3 heterocycles. The van der Waals surface area contributed by atoms with Crippen LogP contribution in [-0.4, -0.2) is 86.4 Å². The molecule has 0 radical (unpaired) electrons. The van der Waals surface area contributed by atoms with Gasteiger partial charge in [0.25, 0.3) is 11.6 Å². The topological polar surface area (TPSA) is 101 Å². The summed E-state index contributed by atoms with van der Waals surface area (Å²) in [5.41, 5.74) is 3.83. The molecule has 0 aliphatic carbocycles. The summed E-state index contributed by atoms with van der Waals surface area (Å²) in [6.45, 7) is 10.3. The van der Waals surface area contributed by atoms with Gasteiger partial charge in [-0.25, -0.2) is 4.98 Å². The zero-order chi connectivity index (χ0) is 25.9. The van der Waals surface area contributed by atoms with Gasteiger partial charge in [0.15, 0.2) is 5.13 Å². The van der Waals surface area contributed by atoms with Gasteiger partial charge < -0.3 is 14.4 Å². The number of rotatable bonds is 7. The Balaban J connectivity index is 1.49. The first kappa shape index (κ1) is 25.5. The van der Waals surface area contributed by atoms with Crippen molar-refractivity contribution in [2.45, 2.75) is 13.8 Å². The summed E-state index contributed by atoms with van der Waals surface area (Å²) in [5.74, 6) is -0.293. The van der Waals surface area contributed by atoms with E-state index in [1.807, 2.05) is 24.8 Å². The Kier molecular flexibility index (Phi) is 7.65. The molecule has 2 aromatic carbocycles. The summed E-state index contributed by atoms with van der Waals surface area (Å²) in [5, 5.41) is 12.6. The molecule has 2 aliphatic rings. The number of amides is 1. The largest absolute Gasteiger partial charge is 0.379 e. The Bertz CT molecular complexity index is 1300. The molecule has 0 unspecified atom stereocenters. The maximum absolute atomic E-state index is 13.9. The van der Waals surface area contributed by atoms with E-state index in [0.29, 0.717) is 63.4 Å². The third-order valence-corrected chi connectivity index (χ3v) is 8.11. The smallest absolute Gasteiger partial charge is 0.293 e. The van der Waals surface area contributed by atoms with E-state index in [1.54, 1.807) is 17.0 Å². The van der Waals surface area contributed by atoms with Gasteiger partial charge in [-0.05, 0) is 43.2 Å². The molecule has 37 heavy (non-hydrogen) atoms. The lowest BCUT2D eigenvalue weighted by molar-refractivity contribution is -0.384. The number of hydrogen-bond acceptors (Lipinski definition) is 9. The number of carbonyl (C=O) groups excluding carboxylic acids is 1. The standard InChI is InChI=1S/C26H31N5O5S/c1-18-3-6-23-24(19(18)2)27-26(37-23)30(8-7-28-9-13-35-14-10-28)25(32)20-4-5-21(22(17-20)31(33)34)29-11-15-36-16-12-29/h3-6,17H,7-16H2,1-2H3. The summed E-state index contributed by atoms with van der Waals surface area (Å²) in [6, 6.07) is 8.86. The van der Waals surface area contributed by atoms with Crippen molar-refractivity contribution in [3.8, 4) is 0 Å². The zero-order valence-electron chi connectivity index (χ0n) is 21.1. The number of hydrogen-bond donors (Lipinski definition) is 0.